The minimum atomic E-state index is -3.60. The van der Waals surface area contributed by atoms with Gasteiger partial charge in [0.1, 0.15) is 0 Å². The highest BCUT2D eigenvalue weighted by atomic mass is 32.2. The smallest absolute Gasteiger partial charge is 0.240 e. The lowest BCUT2D eigenvalue weighted by molar-refractivity contribution is 0.155. The molecule has 0 radical (unpaired) electrons. The molecule has 1 aromatic carbocycles. The minimum absolute atomic E-state index is 0.0564. The third kappa shape index (κ3) is 3.22. The lowest BCUT2D eigenvalue weighted by Gasteiger charge is -2.12. The van der Waals surface area contributed by atoms with Crippen molar-refractivity contribution in [1.29, 1.82) is 0 Å². The van der Waals surface area contributed by atoms with E-state index in [9.17, 15) is 13.5 Å². The Bertz CT molecular complexity index is 518. The number of benzene rings is 1. The summed E-state index contributed by atoms with van der Waals surface area (Å²) in [6.07, 6.45) is 1.35. The third-order valence-corrected chi connectivity index (χ3v) is 4.44. The van der Waals surface area contributed by atoms with Gasteiger partial charge in [-0.15, -0.1) is 0 Å². The maximum absolute atomic E-state index is 12.0. The van der Waals surface area contributed by atoms with Gasteiger partial charge in [-0.05, 0) is 49.4 Å². The quantitative estimate of drug-likeness (QED) is 0.684. The van der Waals surface area contributed by atoms with Crippen molar-refractivity contribution in [3.63, 3.8) is 0 Å². The van der Waals surface area contributed by atoms with E-state index in [0.717, 1.165) is 18.4 Å². The summed E-state index contributed by atoms with van der Waals surface area (Å²) in [5.41, 5.74) is 6.83. The van der Waals surface area contributed by atoms with Gasteiger partial charge in [0, 0.05) is 12.2 Å². The Morgan fingerprint density at radius 1 is 1.44 bits per heavy atom. The lowest BCUT2D eigenvalue weighted by Crippen LogP contribution is -2.33. The summed E-state index contributed by atoms with van der Waals surface area (Å²) < 4.78 is 26.4. The van der Waals surface area contributed by atoms with Crippen LogP contribution in [0.2, 0.25) is 0 Å². The Hall–Kier alpha value is -1.11. The molecular formula is C12H18N2O3S. The van der Waals surface area contributed by atoms with Gasteiger partial charge in [-0.1, -0.05) is 0 Å². The molecule has 0 aromatic heterocycles. The van der Waals surface area contributed by atoms with Crippen LogP contribution in [0, 0.1) is 12.8 Å². The van der Waals surface area contributed by atoms with Crippen molar-refractivity contribution in [2.45, 2.75) is 30.8 Å². The molecule has 1 unspecified atom stereocenters. The molecule has 0 heterocycles. The summed E-state index contributed by atoms with van der Waals surface area (Å²) in [7, 11) is -3.60. The first-order valence-corrected chi connectivity index (χ1v) is 7.42. The molecule has 0 aliphatic heterocycles. The van der Waals surface area contributed by atoms with Gasteiger partial charge in [-0.2, -0.15) is 0 Å². The predicted molar refractivity (Wildman–Crippen MR) is 69.5 cm³/mol. The number of nitrogen functional groups attached to an aromatic ring is 1. The van der Waals surface area contributed by atoms with Gasteiger partial charge in [0.05, 0.1) is 11.0 Å². The maximum atomic E-state index is 12.0. The van der Waals surface area contributed by atoms with Crippen LogP contribution in [0.4, 0.5) is 5.69 Å². The molecule has 1 fully saturated rings. The Morgan fingerprint density at radius 3 is 2.67 bits per heavy atom. The molecule has 1 saturated carbocycles. The van der Waals surface area contributed by atoms with Crippen LogP contribution in [0.1, 0.15) is 18.4 Å². The van der Waals surface area contributed by atoms with E-state index in [1.54, 1.807) is 19.1 Å². The van der Waals surface area contributed by atoms with E-state index in [2.05, 4.69) is 4.72 Å². The second-order valence-corrected chi connectivity index (χ2v) is 6.60. The van der Waals surface area contributed by atoms with Crippen LogP contribution < -0.4 is 10.5 Å². The first-order chi connectivity index (χ1) is 8.38. The second-order valence-electron chi connectivity index (χ2n) is 4.84. The average molecular weight is 270 g/mol. The fourth-order valence-corrected chi connectivity index (χ4v) is 3.05. The zero-order chi connectivity index (χ0) is 13.3. The fourth-order valence-electron chi connectivity index (χ4n) is 1.86. The van der Waals surface area contributed by atoms with E-state index in [4.69, 9.17) is 5.73 Å². The van der Waals surface area contributed by atoms with Crippen LogP contribution in [0.5, 0.6) is 0 Å². The molecule has 0 amide bonds. The van der Waals surface area contributed by atoms with Crippen molar-refractivity contribution >= 4 is 15.7 Å². The van der Waals surface area contributed by atoms with Crippen molar-refractivity contribution in [3.8, 4) is 0 Å². The first kappa shape index (κ1) is 13.3. The Morgan fingerprint density at radius 2 is 2.11 bits per heavy atom. The molecule has 4 N–H and O–H groups in total. The monoisotopic (exact) mass is 270 g/mol. The lowest BCUT2D eigenvalue weighted by atomic mass is 10.2. The van der Waals surface area contributed by atoms with Gasteiger partial charge < -0.3 is 10.8 Å². The van der Waals surface area contributed by atoms with Gasteiger partial charge in [0.15, 0.2) is 0 Å². The minimum Gasteiger partial charge on any atom is -0.399 e. The molecule has 1 aliphatic rings. The van der Waals surface area contributed by atoms with Crippen LogP contribution in [0.15, 0.2) is 23.1 Å². The standard InChI is InChI=1S/C12H18N2O3S/c1-8-4-10(13)6-11(5-8)18(16,17)14-7-12(15)9-2-3-9/h4-6,9,12,14-15H,2-3,7,13H2,1H3. The molecule has 5 nitrogen and oxygen atoms in total. The summed E-state index contributed by atoms with van der Waals surface area (Å²) >= 11 is 0. The number of anilines is 1. The van der Waals surface area contributed by atoms with E-state index in [1.165, 1.54) is 6.07 Å². The highest BCUT2D eigenvalue weighted by molar-refractivity contribution is 7.89. The van der Waals surface area contributed by atoms with Gasteiger partial charge in [0.2, 0.25) is 10.0 Å². The SMILES string of the molecule is Cc1cc(N)cc(S(=O)(=O)NCC(O)C2CC2)c1. The number of rotatable bonds is 5. The Balaban J connectivity index is 2.09. The summed E-state index contributed by atoms with van der Waals surface area (Å²) in [5, 5.41) is 9.66. The normalized spacial score (nSPS) is 17.7. The summed E-state index contributed by atoms with van der Waals surface area (Å²) in [4.78, 5) is 0.142. The molecule has 18 heavy (non-hydrogen) atoms. The molecule has 2 rings (SSSR count). The van der Waals surface area contributed by atoms with Crippen molar-refractivity contribution < 1.29 is 13.5 Å². The van der Waals surface area contributed by atoms with Crippen LogP contribution >= 0.6 is 0 Å². The van der Waals surface area contributed by atoms with E-state index in [0.29, 0.717) is 5.69 Å². The summed E-state index contributed by atoms with van der Waals surface area (Å²) in [6.45, 7) is 1.84. The molecule has 1 aliphatic carbocycles. The van der Waals surface area contributed by atoms with Gasteiger partial charge in [-0.3, -0.25) is 0 Å². The van der Waals surface area contributed by atoms with Crippen molar-refractivity contribution in [3.05, 3.63) is 23.8 Å². The fraction of sp³-hybridized carbons (Fsp3) is 0.500. The number of nitrogens with two attached hydrogens (primary N) is 1. The second kappa shape index (κ2) is 4.87. The highest BCUT2D eigenvalue weighted by Crippen LogP contribution is 2.32. The van der Waals surface area contributed by atoms with Gasteiger partial charge >= 0.3 is 0 Å². The number of nitrogens with one attached hydrogen (secondary N) is 1. The Labute approximate surface area is 107 Å². The van der Waals surface area contributed by atoms with Crippen LogP contribution in [0.3, 0.4) is 0 Å². The molecule has 100 valence electrons. The van der Waals surface area contributed by atoms with Gasteiger partial charge in [-0.25, -0.2) is 13.1 Å². The topological polar surface area (TPSA) is 92.4 Å². The number of hydrogen-bond donors (Lipinski definition) is 3. The van der Waals surface area contributed by atoms with E-state index >= 15 is 0 Å². The zero-order valence-corrected chi connectivity index (χ0v) is 11.1. The molecule has 0 saturated heterocycles. The molecule has 1 aromatic rings. The summed E-state index contributed by atoms with van der Waals surface area (Å²) in [5.74, 6) is 0.246. The predicted octanol–water partition coefficient (Wildman–Crippen LogP) is 0.626. The van der Waals surface area contributed by atoms with Crippen LogP contribution in [-0.2, 0) is 10.0 Å². The number of aryl methyl sites for hydroxylation is 1. The van der Waals surface area contributed by atoms with Crippen molar-refractivity contribution in [2.75, 3.05) is 12.3 Å². The molecule has 6 heteroatoms. The molecule has 0 spiro atoms. The maximum Gasteiger partial charge on any atom is 0.240 e. The van der Waals surface area contributed by atoms with Crippen molar-refractivity contribution in [1.82, 2.24) is 4.72 Å². The first-order valence-electron chi connectivity index (χ1n) is 5.93. The highest BCUT2D eigenvalue weighted by Gasteiger charge is 2.30. The average Bonchev–Trinajstić information content (AvgIpc) is 3.08. The van der Waals surface area contributed by atoms with E-state index in [1.807, 2.05) is 0 Å². The summed E-state index contributed by atoms with van der Waals surface area (Å²) in [6, 6.07) is 4.68. The molecular weight excluding hydrogens is 252 g/mol. The molecule has 0 bridgehead atoms. The van der Waals surface area contributed by atoms with Gasteiger partial charge in [0.25, 0.3) is 0 Å². The number of aliphatic hydroxyl groups is 1. The number of aliphatic hydroxyl groups excluding tert-OH is 1. The number of sulfonamides is 1. The largest absolute Gasteiger partial charge is 0.399 e. The van der Waals surface area contributed by atoms with E-state index < -0.39 is 16.1 Å². The Kier molecular flexibility index (Phi) is 3.61. The third-order valence-electron chi connectivity index (χ3n) is 3.03. The zero-order valence-electron chi connectivity index (χ0n) is 10.3. The van der Waals surface area contributed by atoms with Crippen molar-refractivity contribution in [2.24, 2.45) is 5.92 Å². The number of hydrogen-bond acceptors (Lipinski definition) is 4. The van der Waals surface area contributed by atoms with E-state index in [-0.39, 0.29) is 17.4 Å². The van der Waals surface area contributed by atoms with Crippen LogP contribution in [0.25, 0.3) is 0 Å². The molecule has 1 atom stereocenters. The van der Waals surface area contributed by atoms with Crippen LogP contribution in [-0.4, -0.2) is 26.2 Å².